The first-order chi connectivity index (χ1) is 12.1. The van der Waals surface area contributed by atoms with Crippen LogP contribution in [0.4, 0.5) is 6.01 Å². The Balaban J connectivity index is 1.53. The predicted octanol–water partition coefficient (Wildman–Crippen LogP) is 3.29. The number of hydrogen-bond acceptors (Lipinski definition) is 5. The minimum atomic E-state index is -0.353. The third kappa shape index (κ3) is 4.67. The highest BCUT2D eigenvalue weighted by atomic mass is 16.5. The fraction of sp³-hybridized carbons (Fsp3) is 0.211. The van der Waals surface area contributed by atoms with Gasteiger partial charge >= 0.3 is 6.01 Å². The summed E-state index contributed by atoms with van der Waals surface area (Å²) < 4.78 is 10.9. The molecule has 3 rings (SSSR count). The van der Waals surface area contributed by atoms with Crippen molar-refractivity contribution < 1.29 is 13.9 Å². The van der Waals surface area contributed by atoms with E-state index in [-0.39, 0.29) is 18.5 Å². The SMILES string of the molecule is Cc1ccc(Cc2nnc(NC(=O)COc3ccccc3C)o2)cc1. The van der Waals surface area contributed by atoms with Crippen molar-refractivity contribution in [2.24, 2.45) is 0 Å². The normalized spacial score (nSPS) is 10.5. The quantitative estimate of drug-likeness (QED) is 0.747. The van der Waals surface area contributed by atoms with Crippen molar-refractivity contribution in [2.75, 3.05) is 11.9 Å². The van der Waals surface area contributed by atoms with Crippen molar-refractivity contribution >= 4 is 11.9 Å². The Morgan fingerprint density at radius 3 is 2.60 bits per heavy atom. The smallest absolute Gasteiger partial charge is 0.322 e. The number of carbonyl (C=O) groups is 1. The van der Waals surface area contributed by atoms with Gasteiger partial charge in [0.25, 0.3) is 5.91 Å². The summed E-state index contributed by atoms with van der Waals surface area (Å²) >= 11 is 0. The van der Waals surface area contributed by atoms with Crippen LogP contribution in [-0.4, -0.2) is 22.7 Å². The van der Waals surface area contributed by atoms with Gasteiger partial charge in [0, 0.05) is 0 Å². The molecule has 0 radical (unpaired) electrons. The lowest BCUT2D eigenvalue weighted by Crippen LogP contribution is -2.20. The second-order valence-corrected chi connectivity index (χ2v) is 5.77. The van der Waals surface area contributed by atoms with Crippen molar-refractivity contribution in [3.05, 3.63) is 71.1 Å². The summed E-state index contributed by atoms with van der Waals surface area (Å²) in [6, 6.07) is 15.6. The molecule has 0 bridgehead atoms. The fourth-order valence-corrected chi connectivity index (χ4v) is 2.27. The Morgan fingerprint density at radius 2 is 1.84 bits per heavy atom. The Kier molecular flexibility index (Phi) is 5.09. The lowest BCUT2D eigenvalue weighted by atomic mass is 10.1. The Bertz CT molecular complexity index is 856. The molecular formula is C19H19N3O3. The van der Waals surface area contributed by atoms with E-state index in [1.807, 2.05) is 62.4 Å². The van der Waals surface area contributed by atoms with Crippen molar-refractivity contribution in [3.63, 3.8) is 0 Å². The number of aryl methyl sites for hydroxylation is 2. The molecule has 0 fully saturated rings. The van der Waals surface area contributed by atoms with Crippen LogP contribution in [0.2, 0.25) is 0 Å². The number of rotatable bonds is 6. The number of benzene rings is 2. The fourth-order valence-electron chi connectivity index (χ4n) is 2.27. The molecule has 0 saturated carbocycles. The van der Waals surface area contributed by atoms with Gasteiger partial charge < -0.3 is 9.15 Å². The topological polar surface area (TPSA) is 77.2 Å². The van der Waals surface area contributed by atoms with Gasteiger partial charge in [-0.15, -0.1) is 5.10 Å². The molecule has 1 aromatic heterocycles. The van der Waals surface area contributed by atoms with Gasteiger partial charge in [-0.3, -0.25) is 10.1 Å². The van der Waals surface area contributed by atoms with Gasteiger partial charge in [0.1, 0.15) is 5.75 Å². The van der Waals surface area contributed by atoms with E-state index in [2.05, 4.69) is 15.5 Å². The van der Waals surface area contributed by atoms with E-state index in [1.54, 1.807) is 0 Å². The second kappa shape index (κ2) is 7.61. The van der Waals surface area contributed by atoms with Gasteiger partial charge in [-0.1, -0.05) is 53.1 Å². The van der Waals surface area contributed by atoms with Crippen LogP contribution in [0.1, 0.15) is 22.6 Å². The van der Waals surface area contributed by atoms with Crippen LogP contribution in [0, 0.1) is 13.8 Å². The number of hydrogen-bond donors (Lipinski definition) is 1. The van der Waals surface area contributed by atoms with Crippen molar-refractivity contribution in [2.45, 2.75) is 20.3 Å². The Hall–Kier alpha value is -3.15. The van der Waals surface area contributed by atoms with Gasteiger partial charge in [0.05, 0.1) is 6.42 Å². The molecule has 0 unspecified atom stereocenters. The van der Waals surface area contributed by atoms with Gasteiger partial charge in [-0.25, -0.2) is 0 Å². The third-order valence-electron chi connectivity index (χ3n) is 3.64. The maximum atomic E-state index is 11.9. The average molecular weight is 337 g/mol. The first kappa shape index (κ1) is 16.7. The largest absolute Gasteiger partial charge is 0.483 e. The van der Waals surface area contributed by atoms with Crippen LogP contribution in [0.5, 0.6) is 5.75 Å². The lowest BCUT2D eigenvalue weighted by molar-refractivity contribution is -0.118. The standard InChI is InChI=1S/C19H19N3O3/c1-13-7-9-15(10-8-13)11-18-21-22-19(25-18)20-17(23)12-24-16-6-4-3-5-14(16)2/h3-10H,11-12H2,1-2H3,(H,20,22,23). The molecule has 0 spiro atoms. The molecule has 6 nitrogen and oxygen atoms in total. The minimum absolute atomic E-state index is 0.0699. The van der Waals surface area contributed by atoms with E-state index in [0.717, 1.165) is 11.1 Å². The Labute approximate surface area is 145 Å². The van der Waals surface area contributed by atoms with Crippen molar-refractivity contribution in [1.82, 2.24) is 10.2 Å². The zero-order valence-corrected chi connectivity index (χ0v) is 14.2. The van der Waals surface area contributed by atoms with E-state index in [0.29, 0.717) is 18.1 Å². The minimum Gasteiger partial charge on any atom is -0.483 e. The number of anilines is 1. The molecule has 0 aliphatic heterocycles. The molecule has 1 N–H and O–H groups in total. The molecule has 0 saturated heterocycles. The highest BCUT2D eigenvalue weighted by molar-refractivity contribution is 5.89. The summed E-state index contributed by atoms with van der Waals surface area (Å²) in [7, 11) is 0. The molecule has 0 aliphatic carbocycles. The maximum absolute atomic E-state index is 11.9. The molecule has 1 heterocycles. The zero-order valence-electron chi connectivity index (χ0n) is 14.2. The molecular weight excluding hydrogens is 318 g/mol. The van der Waals surface area contributed by atoms with Gasteiger partial charge in [-0.2, -0.15) is 0 Å². The highest BCUT2D eigenvalue weighted by Gasteiger charge is 2.11. The van der Waals surface area contributed by atoms with Crippen LogP contribution in [0.25, 0.3) is 0 Å². The van der Waals surface area contributed by atoms with Crippen LogP contribution in [0.15, 0.2) is 52.9 Å². The van der Waals surface area contributed by atoms with E-state index in [1.165, 1.54) is 5.56 Å². The summed E-state index contributed by atoms with van der Waals surface area (Å²) in [6.45, 7) is 3.83. The number of carbonyl (C=O) groups excluding carboxylic acids is 1. The van der Waals surface area contributed by atoms with Crippen LogP contribution in [-0.2, 0) is 11.2 Å². The molecule has 1 amide bonds. The van der Waals surface area contributed by atoms with E-state index in [4.69, 9.17) is 9.15 Å². The molecule has 128 valence electrons. The average Bonchev–Trinajstić information content (AvgIpc) is 3.03. The maximum Gasteiger partial charge on any atom is 0.322 e. The van der Waals surface area contributed by atoms with E-state index < -0.39 is 0 Å². The predicted molar refractivity (Wildman–Crippen MR) is 93.6 cm³/mol. The molecule has 0 aliphatic rings. The number of nitrogens with one attached hydrogen (secondary N) is 1. The highest BCUT2D eigenvalue weighted by Crippen LogP contribution is 2.16. The summed E-state index contributed by atoms with van der Waals surface area (Å²) in [5.74, 6) is 0.760. The van der Waals surface area contributed by atoms with Gasteiger partial charge in [0.2, 0.25) is 5.89 Å². The first-order valence-electron chi connectivity index (χ1n) is 7.96. The molecule has 0 atom stereocenters. The summed E-state index contributed by atoms with van der Waals surface area (Å²) in [4.78, 5) is 11.9. The number of nitrogens with zero attached hydrogens (tertiary/aromatic N) is 2. The van der Waals surface area contributed by atoms with Crippen LogP contribution < -0.4 is 10.1 Å². The second-order valence-electron chi connectivity index (χ2n) is 5.77. The number of amides is 1. The van der Waals surface area contributed by atoms with Crippen LogP contribution in [0.3, 0.4) is 0 Å². The lowest BCUT2D eigenvalue weighted by Gasteiger charge is -2.07. The number of aromatic nitrogens is 2. The third-order valence-corrected chi connectivity index (χ3v) is 3.64. The number of ether oxygens (including phenoxy) is 1. The number of para-hydroxylation sites is 1. The summed E-state index contributed by atoms with van der Waals surface area (Å²) in [5.41, 5.74) is 3.22. The first-order valence-corrected chi connectivity index (χ1v) is 7.96. The van der Waals surface area contributed by atoms with Crippen molar-refractivity contribution in [3.8, 4) is 5.75 Å². The van der Waals surface area contributed by atoms with Crippen LogP contribution >= 0.6 is 0 Å². The molecule has 3 aromatic rings. The summed E-state index contributed by atoms with van der Waals surface area (Å²) in [5, 5.41) is 10.3. The van der Waals surface area contributed by atoms with E-state index >= 15 is 0 Å². The Morgan fingerprint density at radius 1 is 1.08 bits per heavy atom. The van der Waals surface area contributed by atoms with Gasteiger partial charge in [-0.05, 0) is 31.0 Å². The van der Waals surface area contributed by atoms with Crippen molar-refractivity contribution in [1.29, 1.82) is 0 Å². The monoisotopic (exact) mass is 337 g/mol. The zero-order chi connectivity index (χ0) is 17.6. The molecule has 6 heteroatoms. The molecule has 25 heavy (non-hydrogen) atoms. The van der Waals surface area contributed by atoms with Gasteiger partial charge in [0.15, 0.2) is 6.61 Å². The van der Waals surface area contributed by atoms with E-state index in [9.17, 15) is 4.79 Å². The molecule has 2 aromatic carbocycles. The summed E-state index contributed by atoms with van der Waals surface area (Å²) in [6.07, 6.45) is 0.517.